The van der Waals surface area contributed by atoms with Gasteiger partial charge in [-0.2, -0.15) is 0 Å². The molecule has 2 aromatic rings. The molecule has 0 aromatic heterocycles. The minimum atomic E-state index is -0.465. The van der Waals surface area contributed by atoms with Crippen molar-refractivity contribution in [3.63, 3.8) is 0 Å². The molecule has 0 aliphatic carbocycles. The van der Waals surface area contributed by atoms with E-state index >= 15 is 0 Å². The molecule has 0 unspecified atom stereocenters. The first-order valence-corrected chi connectivity index (χ1v) is 6.38. The molecule has 0 bridgehead atoms. The summed E-state index contributed by atoms with van der Waals surface area (Å²) in [4.78, 5) is 12.9. The number of carbonyl (C=O) groups excluding carboxylic acids is 1. The molecule has 92 valence electrons. The lowest BCUT2D eigenvalue weighted by Gasteiger charge is -2.07. The van der Waals surface area contributed by atoms with Gasteiger partial charge in [0.2, 0.25) is 5.91 Å². The number of anilines is 1. The molecule has 0 aliphatic heterocycles. The van der Waals surface area contributed by atoms with Crippen molar-refractivity contribution in [2.75, 3.05) is 5.73 Å². The smallest absolute Gasteiger partial charge is 0.248 e. The van der Waals surface area contributed by atoms with Crippen LogP contribution in [0.2, 0.25) is 5.02 Å². The summed E-state index contributed by atoms with van der Waals surface area (Å²) >= 11 is 7.28. The second-order valence-corrected chi connectivity index (χ2v) is 5.22. The average molecular weight is 279 g/mol. The summed E-state index contributed by atoms with van der Waals surface area (Å²) in [7, 11) is 0. The normalized spacial score (nSPS) is 10.3. The SMILES string of the molecule is NC(=O)c1ccc(N)c(Sc2ccc(Cl)cc2)c1. The van der Waals surface area contributed by atoms with E-state index in [2.05, 4.69) is 0 Å². The Labute approximate surface area is 114 Å². The van der Waals surface area contributed by atoms with Crippen LogP contribution in [0.3, 0.4) is 0 Å². The summed E-state index contributed by atoms with van der Waals surface area (Å²) in [6.07, 6.45) is 0. The number of amides is 1. The Bertz CT molecular complexity index is 584. The molecule has 0 heterocycles. The van der Waals surface area contributed by atoms with E-state index in [4.69, 9.17) is 23.1 Å². The van der Waals surface area contributed by atoms with Crippen LogP contribution in [0.15, 0.2) is 52.3 Å². The van der Waals surface area contributed by atoms with Crippen LogP contribution in [0.5, 0.6) is 0 Å². The molecule has 0 atom stereocenters. The number of rotatable bonds is 3. The predicted octanol–water partition coefficient (Wildman–Crippen LogP) is 3.17. The molecule has 0 aliphatic rings. The number of carbonyl (C=O) groups is 1. The van der Waals surface area contributed by atoms with Gasteiger partial charge in [0.1, 0.15) is 0 Å². The van der Waals surface area contributed by atoms with Crippen LogP contribution in [-0.4, -0.2) is 5.91 Å². The Hall–Kier alpha value is -1.65. The largest absolute Gasteiger partial charge is 0.398 e. The van der Waals surface area contributed by atoms with E-state index in [9.17, 15) is 4.79 Å². The van der Waals surface area contributed by atoms with E-state index in [-0.39, 0.29) is 0 Å². The van der Waals surface area contributed by atoms with Crippen molar-refractivity contribution in [2.24, 2.45) is 5.73 Å². The van der Waals surface area contributed by atoms with E-state index < -0.39 is 5.91 Å². The number of primary amides is 1. The van der Waals surface area contributed by atoms with Gasteiger partial charge in [0.15, 0.2) is 0 Å². The third-order valence-electron chi connectivity index (χ3n) is 2.34. The Morgan fingerprint density at radius 2 is 1.78 bits per heavy atom. The van der Waals surface area contributed by atoms with Crippen molar-refractivity contribution in [3.8, 4) is 0 Å². The highest BCUT2D eigenvalue weighted by Gasteiger charge is 2.06. The zero-order valence-corrected chi connectivity index (χ0v) is 11.0. The Morgan fingerprint density at radius 1 is 1.11 bits per heavy atom. The van der Waals surface area contributed by atoms with Crippen LogP contribution in [0.1, 0.15) is 10.4 Å². The van der Waals surface area contributed by atoms with Gasteiger partial charge in [-0.25, -0.2) is 0 Å². The van der Waals surface area contributed by atoms with E-state index in [0.29, 0.717) is 16.3 Å². The molecule has 0 radical (unpaired) electrons. The van der Waals surface area contributed by atoms with Gasteiger partial charge in [0.25, 0.3) is 0 Å². The molecule has 0 saturated carbocycles. The lowest BCUT2D eigenvalue weighted by molar-refractivity contribution is 0.1000. The molecule has 0 saturated heterocycles. The monoisotopic (exact) mass is 278 g/mol. The second-order valence-electron chi connectivity index (χ2n) is 3.67. The number of nitrogens with two attached hydrogens (primary N) is 2. The maximum absolute atomic E-state index is 11.1. The summed E-state index contributed by atoms with van der Waals surface area (Å²) in [5.41, 5.74) is 12.2. The van der Waals surface area contributed by atoms with Crippen molar-refractivity contribution >= 4 is 35.0 Å². The first-order chi connectivity index (χ1) is 8.56. The molecule has 2 aromatic carbocycles. The average Bonchev–Trinajstić information content (AvgIpc) is 2.34. The minimum absolute atomic E-state index is 0.445. The molecule has 0 fully saturated rings. The van der Waals surface area contributed by atoms with Gasteiger partial charge in [-0.3, -0.25) is 4.79 Å². The standard InChI is InChI=1S/C13H11ClN2OS/c14-9-2-4-10(5-3-9)18-12-7-8(13(16)17)1-6-11(12)15/h1-7H,15H2,(H2,16,17). The predicted molar refractivity (Wildman–Crippen MR) is 74.9 cm³/mol. The van der Waals surface area contributed by atoms with Gasteiger partial charge in [-0.15, -0.1) is 0 Å². The quantitative estimate of drug-likeness (QED) is 0.847. The van der Waals surface area contributed by atoms with Crippen molar-refractivity contribution in [2.45, 2.75) is 9.79 Å². The van der Waals surface area contributed by atoms with Crippen LogP contribution in [0.25, 0.3) is 0 Å². The number of hydrogen-bond acceptors (Lipinski definition) is 3. The zero-order chi connectivity index (χ0) is 13.1. The van der Waals surface area contributed by atoms with Crippen LogP contribution in [0, 0.1) is 0 Å². The first-order valence-electron chi connectivity index (χ1n) is 5.19. The fourth-order valence-corrected chi connectivity index (χ4v) is 2.43. The number of hydrogen-bond donors (Lipinski definition) is 2. The summed E-state index contributed by atoms with van der Waals surface area (Å²) in [5.74, 6) is -0.465. The third kappa shape index (κ3) is 2.97. The maximum atomic E-state index is 11.1. The van der Waals surface area contributed by atoms with Crippen molar-refractivity contribution in [3.05, 3.63) is 53.1 Å². The van der Waals surface area contributed by atoms with Crippen molar-refractivity contribution < 1.29 is 4.79 Å². The number of nitrogen functional groups attached to an aromatic ring is 1. The van der Waals surface area contributed by atoms with Crippen LogP contribution >= 0.6 is 23.4 Å². The summed E-state index contributed by atoms with van der Waals surface area (Å²) in [6, 6.07) is 12.4. The lowest BCUT2D eigenvalue weighted by atomic mass is 10.2. The van der Waals surface area contributed by atoms with Gasteiger partial charge >= 0.3 is 0 Å². The molecule has 0 spiro atoms. The highest BCUT2D eigenvalue weighted by molar-refractivity contribution is 7.99. The van der Waals surface area contributed by atoms with Crippen LogP contribution < -0.4 is 11.5 Å². The van der Waals surface area contributed by atoms with E-state index in [1.165, 1.54) is 11.8 Å². The van der Waals surface area contributed by atoms with Gasteiger partial charge in [-0.1, -0.05) is 23.4 Å². The Morgan fingerprint density at radius 3 is 2.39 bits per heavy atom. The first kappa shape index (κ1) is 12.8. The Balaban J connectivity index is 2.30. The summed E-state index contributed by atoms with van der Waals surface area (Å²) in [5, 5.41) is 0.679. The third-order valence-corrected chi connectivity index (χ3v) is 3.67. The molecule has 4 N–H and O–H groups in total. The summed E-state index contributed by atoms with van der Waals surface area (Å²) in [6.45, 7) is 0. The number of halogens is 1. The molecule has 1 amide bonds. The fourth-order valence-electron chi connectivity index (χ4n) is 1.41. The molecule has 3 nitrogen and oxygen atoms in total. The van der Waals surface area contributed by atoms with Gasteiger partial charge in [0, 0.05) is 26.1 Å². The summed E-state index contributed by atoms with van der Waals surface area (Å²) < 4.78 is 0. The van der Waals surface area contributed by atoms with E-state index in [1.54, 1.807) is 30.3 Å². The fraction of sp³-hybridized carbons (Fsp3) is 0. The minimum Gasteiger partial charge on any atom is -0.398 e. The zero-order valence-electron chi connectivity index (χ0n) is 9.39. The highest BCUT2D eigenvalue weighted by Crippen LogP contribution is 2.33. The van der Waals surface area contributed by atoms with E-state index in [1.807, 2.05) is 12.1 Å². The molecule has 18 heavy (non-hydrogen) atoms. The topological polar surface area (TPSA) is 69.1 Å². The Kier molecular flexibility index (Phi) is 3.79. The van der Waals surface area contributed by atoms with Crippen molar-refractivity contribution in [1.29, 1.82) is 0 Å². The molecule has 5 heteroatoms. The van der Waals surface area contributed by atoms with Gasteiger partial charge in [-0.05, 0) is 42.5 Å². The molecular formula is C13H11ClN2OS. The van der Waals surface area contributed by atoms with Crippen molar-refractivity contribution in [1.82, 2.24) is 0 Å². The molecule has 2 rings (SSSR count). The van der Waals surface area contributed by atoms with E-state index in [0.717, 1.165) is 9.79 Å². The highest BCUT2D eigenvalue weighted by atomic mass is 35.5. The molecular weight excluding hydrogens is 268 g/mol. The second kappa shape index (κ2) is 5.33. The van der Waals surface area contributed by atoms with Gasteiger partial charge < -0.3 is 11.5 Å². The lowest BCUT2D eigenvalue weighted by Crippen LogP contribution is -2.11. The van der Waals surface area contributed by atoms with Crippen LogP contribution in [0.4, 0.5) is 5.69 Å². The maximum Gasteiger partial charge on any atom is 0.248 e. The van der Waals surface area contributed by atoms with Gasteiger partial charge in [0.05, 0.1) is 0 Å². The number of benzene rings is 2. The van der Waals surface area contributed by atoms with Crippen LogP contribution in [-0.2, 0) is 0 Å².